The first-order chi connectivity index (χ1) is 17.0. The number of carbonyl (C=O) groups is 1. The Labute approximate surface area is 208 Å². The number of anilines is 1. The number of hydrogen-bond donors (Lipinski definition) is 1. The Morgan fingerprint density at radius 1 is 1.20 bits per heavy atom. The highest BCUT2D eigenvalue weighted by Gasteiger charge is 2.37. The van der Waals surface area contributed by atoms with Crippen LogP contribution in [0.15, 0.2) is 28.7 Å². The van der Waals surface area contributed by atoms with E-state index in [0.717, 1.165) is 67.7 Å². The number of nitrogens with zero attached hydrogens (tertiary/aromatic N) is 4. The van der Waals surface area contributed by atoms with Crippen LogP contribution in [0.1, 0.15) is 54.8 Å². The molecule has 2 fully saturated rings. The molecular weight excluding hydrogens is 464 g/mol. The summed E-state index contributed by atoms with van der Waals surface area (Å²) >= 11 is 6.87. The second-order valence-corrected chi connectivity index (χ2v) is 10.2. The van der Waals surface area contributed by atoms with Crippen LogP contribution in [-0.2, 0) is 11.2 Å². The Kier molecular flexibility index (Phi) is 5.66. The predicted molar refractivity (Wildman–Crippen MR) is 134 cm³/mol. The fraction of sp³-hybridized carbons (Fsp3) is 0.444. The molecule has 3 heterocycles. The van der Waals surface area contributed by atoms with Gasteiger partial charge < -0.3 is 14.4 Å². The number of carboxylic acids is 1. The van der Waals surface area contributed by atoms with Gasteiger partial charge in [0.15, 0.2) is 5.58 Å². The molecule has 0 saturated carbocycles. The Balaban J connectivity index is 1.39. The third kappa shape index (κ3) is 3.76. The van der Waals surface area contributed by atoms with Gasteiger partial charge in [-0.3, -0.25) is 9.69 Å². The molecule has 35 heavy (non-hydrogen) atoms. The lowest BCUT2D eigenvalue weighted by atomic mass is 10.0. The minimum absolute atomic E-state index is 0.108. The normalized spacial score (nSPS) is 22.5. The van der Waals surface area contributed by atoms with Crippen molar-refractivity contribution in [1.29, 1.82) is 5.26 Å². The molecule has 0 unspecified atom stereocenters. The highest BCUT2D eigenvalue weighted by atomic mass is 35.5. The molecule has 2 saturated heterocycles. The van der Waals surface area contributed by atoms with E-state index in [1.165, 1.54) is 6.42 Å². The lowest BCUT2D eigenvalue weighted by molar-refractivity contribution is -0.141. The largest absolute Gasteiger partial charge is 0.481 e. The molecule has 2 atom stereocenters. The zero-order valence-electron chi connectivity index (χ0n) is 19.5. The molecule has 1 N–H and O–H groups in total. The average molecular weight is 491 g/mol. The number of aliphatic carboxylic acids is 1. The number of fused-ring (bicyclic) bond motifs is 2. The molecule has 3 aromatic rings. The SMILES string of the molecule is N#Cc1c2c(cc3nc(-c4cccc(N5CCCCC5)c4Cl)oc13)[C@H](N1CC[C@@H](C(=O)O)C1)CC2. The maximum absolute atomic E-state index is 11.5. The van der Waals surface area contributed by atoms with Crippen molar-refractivity contribution in [2.24, 2.45) is 5.92 Å². The van der Waals surface area contributed by atoms with Gasteiger partial charge in [0.25, 0.3) is 0 Å². The van der Waals surface area contributed by atoms with Gasteiger partial charge in [0.05, 0.1) is 22.2 Å². The summed E-state index contributed by atoms with van der Waals surface area (Å²) in [6, 6.07) is 10.4. The molecule has 0 radical (unpaired) electrons. The number of benzene rings is 2. The minimum Gasteiger partial charge on any atom is -0.481 e. The Bertz CT molecular complexity index is 1350. The maximum atomic E-state index is 11.5. The van der Waals surface area contributed by atoms with Crippen LogP contribution in [0.2, 0.25) is 5.02 Å². The molecule has 0 spiro atoms. The summed E-state index contributed by atoms with van der Waals surface area (Å²) in [6.07, 6.45) is 5.87. The summed E-state index contributed by atoms with van der Waals surface area (Å²) in [6.45, 7) is 3.28. The smallest absolute Gasteiger partial charge is 0.307 e. The summed E-state index contributed by atoms with van der Waals surface area (Å²) in [4.78, 5) is 20.8. The molecule has 6 rings (SSSR count). The van der Waals surface area contributed by atoms with Crippen molar-refractivity contribution in [3.63, 3.8) is 0 Å². The van der Waals surface area contributed by atoms with E-state index < -0.39 is 5.97 Å². The van der Waals surface area contributed by atoms with E-state index in [1.807, 2.05) is 24.3 Å². The minimum atomic E-state index is -0.733. The van der Waals surface area contributed by atoms with E-state index in [1.54, 1.807) is 0 Å². The number of carboxylic acid groups (broad SMARTS) is 1. The number of oxazole rings is 1. The molecule has 0 amide bonds. The van der Waals surface area contributed by atoms with Crippen LogP contribution in [0, 0.1) is 17.2 Å². The maximum Gasteiger partial charge on any atom is 0.307 e. The van der Waals surface area contributed by atoms with Crippen molar-refractivity contribution in [1.82, 2.24) is 9.88 Å². The summed E-state index contributed by atoms with van der Waals surface area (Å²) in [5.41, 5.74) is 5.50. The standard InChI is InChI=1S/C27H27ClN4O3/c28-24-18(5-4-6-23(24)31-10-2-1-3-11-31)26-30-21-13-19-17(20(14-29)25(21)35-26)7-8-22(19)32-12-9-16(15-32)27(33)34/h4-6,13,16,22H,1-3,7-12,15H2,(H,33,34)/t16-,22-/m1/s1. The fourth-order valence-electron chi connectivity index (χ4n) is 6.08. The fourth-order valence-corrected chi connectivity index (χ4v) is 6.40. The number of hydrogen-bond acceptors (Lipinski definition) is 6. The summed E-state index contributed by atoms with van der Waals surface area (Å²) < 4.78 is 6.21. The van der Waals surface area contributed by atoms with E-state index >= 15 is 0 Å². The topological polar surface area (TPSA) is 93.6 Å². The Hall–Kier alpha value is -3.08. The number of nitriles is 1. The van der Waals surface area contributed by atoms with Gasteiger partial charge in [-0.05, 0) is 74.4 Å². The van der Waals surface area contributed by atoms with Crippen LogP contribution in [0.5, 0.6) is 0 Å². The Morgan fingerprint density at radius 2 is 2.03 bits per heavy atom. The van der Waals surface area contributed by atoms with Crippen LogP contribution in [-0.4, -0.2) is 47.1 Å². The molecule has 2 aromatic carbocycles. The third-order valence-corrected chi connectivity index (χ3v) is 8.27. The first kappa shape index (κ1) is 22.4. The quantitative estimate of drug-likeness (QED) is 0.523. The third-order valence-electron chi connectivity index (χ3n) is 7.88. The lowest BCUT2D eigenvalue weighted by Gasteiger charge is -2.29. The molecule has 180 valence electrons. The van der Waals surface area contributed by atoms with Gasteiger partial charge >= 0.3 is 5.97 Å². The summed E-state index contributed by atoms with van der Waals surface area (Å²) in [5, 5.41) is 20.1. The van der Waals surface area contributed by atoms with Gasteiger partial charge in [-0.25, -0.2) is 4.98 Å². The second-order valence-electron chi connectivity index (χ2n) is 9.86. The molecule has 1 aromatic heterocycles. The van der Waals surface area contributed by atoms with Crippen LogP contribution in [0.4, 0.5) is 5.69 Å². The van der Waals surface area contributed by atoms with E-state index in [9.17, 15) is 15.2 Å². The van der Waals surface area contributed by atoms with E-state index in [2.05, 4.69) is 15.9 Å². The average Bonchev–Trinajstić information content (AvgIpc) is 3.61. The number of aromatic nitrogens is 1. The highest BCUT2D eigenvalue weighted by Crippen LogP contribution is 2.44. The number of piperidine rings is 1. The van der Waals surface area contributed by atoms with Gasteiger partial charge in [0, 0.05) is 25.7 Å². The van der Waals surface area contributed by atoms with Gasteiger partial charge in [-0.15, -0.1) is 0 Å². The van der Waals surface area contributed by atoms with Gasteiger partial charge in [0.2, 0.25) is 5.89 Å². The highest BCUT2D eigenvalue weighted by molar-refractivity contribution is 6.35. The Morgan fingerprint density at radius 3 is 2.77 bits per heavy atom. The second kappa shape index (κ2) is 8.85. The zero-order chi connectivity index (χ0) is 24.1. The van der Waals surface area contributed by atoms with Gasteiger partial charge in [-0.1, -0.05) is 17.7 Å². The molecule has 8 heteroatoms. The molecule has 7 nitrogen and oxygen atoms in total. The molecule has 0 bridgehead atoms. The van der Waals surface area contributed by atoms with E-state index in [0.29, 0.717) is 40.5 Å². The van der Waals surface area contributed by atoms with Crippen LogP contribution in [0.3, 0.4) is 0 Å². The van der Waals surface area contributed by atoms with Crippen LogP contribution in [0.25, 0.3) is 22.6 Å². The van der Waals surface area contributed by atoms with Crippen LogP contribution < -0.4 is 4.90 Å². The van der Waals surface area contributed by atoms with E-state index in [4.69, 9.17) is 21.0 Å². The predicted octanol–water partition coefficient (Wildman–Crippen LogP) is 5.40. The molecular formula is C27H27ClN4O3. The van der Waals surface area contributed by atoms with Crippen molar-refractivity contribution < 1.29 is 14.3 Å². The van der Waals surface area contributed by atoms with Gasteiger partial charge in [-0.2, -0.15) is 5.26 Å². The van der Waals surface area contributed by atoms with Crippen molar-refractivity contribution in [3.8, 4) is 17.5 Å². The first-order valence-electron chi connectivity index (χ1n) is 12.4. The molecule has 1 aliphatic carbocycles. The monoisotopic (exact) mass is 490 g/mol. The lowest BCUT2D eigenvalue weighted by Crippen LogP contribution is -2.29. The van der Waals surface area contributed by atoms with Gasteiger partial charge in [0.1, 0.15) is 17.1 Å². The number of halogens is 1. The summed E-state index contributed by atoms with van der Waals surface area (Å²) in [7, 11) is 0. The molecule has 2 aliphatic heterocycles. The number of likely N-dealkylation sites (tertiary alicyclic amines) is 1. The number of rotatable bonds is 4. The van der Waals surface area contributed by atoms with Crippen molar-refractivity contribution in [2.45, 2.75) is 44.6 Å². The van der Waals surface area contributed by atoms with Crippen molar-refractivity contribution in [2.75, 3.05) is 31.1 Å². The van der Waals surface area contributed by atoms with Crippen molar-refractivity contribution >= 4 is 34.4 Å². The van der Waals surface area contributed by atoms with Crippen LogP contribution >= 0.6 is 11.6 Å². The zero-order valence-corrected chi connectivity index (χ0v) is 20.2. The summed E-state index contributed by atoms with van der Waals surface area (Å²) in [5.74, 6) is -0.636. The molecule has 3 aliphatic rings. The first-order valence-corrected chi connectivity index (χ1v) is 12.8. The van der Waals surface area contributed by atoms with E-state index in [-0.39, 0.29) is 12.0 Å². The van der Waals surface area contributed by atoms with Crippen molar-refractivity contribution in [3.05, 3.63) is 46.0 Å².